The van der Waals surface area contributed by atoms with Crippen molar-refractivity contribution in [3.8, 4) is 6.07 Å². The highest BCUT2D eigenvalue weighted by Gasteiger charge is 2.19. The number of ether oxygens (including phenoxy) is 1. The number of unbranched alkanes of at least 4 members (excludes halogenated alkanes) is 1. The van der Waals surface area contributed by atoms with E-state index < -0.39 is 0 Å². The highest BCUT2D eigenvalue weighted by atomic mass is 16.5. The summed E-state index contributed by atoms with van der Waals surface area (Å²) in [6.07, 6.45) is 5.62. The fourth-order valence-electron chi connectivity index (χ4n) is 1.59. The number of nitriles is 1. The van der Waals surface area contributed by atoms with Gasteiger partial charge in [-0.2, -0.15) is 5.26 Å². The molecule has 0 spiro atoms. The first-order valence-corrected chi connectivity index (χ1v) is 6.29. The smallest absolute Gasteiger partial charge is 0.103 e. The van der Waals surface area contributed by atoms with Crippen LogP contribution in [0.25, 0.3) is 0 Å². The summed E-state index contributed by atoms with van der Waals surface area (Å²) in [5.41, 5.74) is -0.380. The van der Waals surface area contributed by atoms with Crippen molar-refractivity contribution in [2.24, 2.45) is 0 Å². The maximum atomic E-state index is 8.96. The molecular weight excluding hydrogens is 200 g/mol. The van der Waals surface area contributed by atoms with Gasteiger partial charge in [0.1, 0.15) is 5.54 Å². The molecule has 94 valence electrons. The van der Waals surface area contributed by atoms with E-state index in [1.165, 1.54) is 6.42 Å². The number of nitrogens with zero attached hydrogens (tertiary/aromatic N) is 1. The predicted octanol–water partition coefficient (Wildman–Crippen LogP) is 2.86. The number of hydrogen-bond donors (Lipinski definition) is 1. The molecule has 0 heterocycles. The monoisotopic (exact) mass is 226 g/mol. The normalized spacial score (nSPS) is 16.4. The van der Waals surface area contributed by atoms with Crippen molar-refractivity contribution in [3.63, 3.8) is 0 Å². The van der Waals surface area contributed by atoms with Gasteiger partial charge < -0.3 is 10.1 Å². The molecule has 0 saturated heterocycles. The average Bonchev–Trinajstić information content (AvgIpc) is 2.28. The lowest BCUT2D eigenvalue weighted by molar-refractivity contribution is 0.0565. The van der Waals surface area contributed by atoms with E-state index in [0.29, 0.717) is 6.10 Å². The van der Waals surface area contributed by atoms with Gasteiger partial charge in [-0.3, -0.25) is 0 Å². The molecule has 0 aromatic carbocycles. The van der Waals surface area contributed by atoms with Crippen molar-refractivity contribution in [1.29, 1.82) is 5.26 Å². The number of hydrogen-bond acceptors (Lipinski definition) is 3. The van der Waals surface area contributed by atoms with Gasteiger partial charge in [-0.05, 0) is 46.6 Å². The second-order valence-electron chi connectivity index (χ2n) is 4.62. The zero-order valence-corrected chi connectivity index (χ0v) is 11.2. The molecule has 16 heavy (non-hydrogen) atoms. The van der Waals surface area contributed by atoms with Gasteiger partial charge >= 0.3 is 0 Å². The van der Waals surface area contributed by atoms with E-state index in [1.54, 1.807) is 0 Å². The van der Waals surface area contributed by atoms with Gasteiger partial charge in [-0.15, -0.1) is 0 Å². The van der Waals surface area contributed by atoms with Crippen LogP contribution >= 0.6 is 0 Å². The minimum absolute atomic E-state index is 0.372. The van der Waals surface area contributed by atoms with Crippen LogP contribution in [0.5, 0.6) is 0 Å². The first kappa shape index (κ1) is 15.4. The van der Waals surface area contributed by atoms with Gasteiger partial charge in [-0.1, -0.05) is 13.3 Å². The van der Waals surface area contributed by atoms with Crippen LogP contribution in [0.2, 0.25) is 0 Å². The van der Waals surface area contributed by atoms with Gasteiger partial charge in [-0.25, -0.2) is 0 Å². The van der Waals surface area contributed by atoms with Crippen LogP contribution in [0.1, 0.15) is 52.9 Å². The van der Waals surface area contributed by atoms with Crippen LogP contribution in [0.3, 0.4) is 0 Å². The molecule has 0 aliphatic carbocycles. The van der Waals surface area contributed by atoms with Gasteiger partial charge in [0.15, 0.2) is 0 Å². The SMILES string of the molecule is CCCC(C)OCCCCC(C)(C#N)NC. The first-order valence-electron chi connectivity index (χ1n) is 6.29. The molecule has 2 unspecified atom stereocenters. The Morgan fingerprint density at radius 2 is 2.12 bits per heavy atom. The Bertz CT molecular complexity index is 212. The van der Waals surface area contributed by atoms with Crippen LogP contribution in [0, 0.1) is 11.3 Å². The molecule has 1 N–H and O–H groups in total. The Morgan fingerprint density at radius 1 is 1.44 bits per heavy atom. The maximum Gasteiger partial charge on any atom is 0.103 e. The van der Waals surface area contributed by atoms with E-state index in [9.17, 15) is 0 Å². The summed E-state index contributed by atoms with van der Waals surface area (Å²) in [4.78, 5) is 0. The summed E-state index contributed by atoms with van der Waals surface area (Å²) in [6.45, 7) is 7.04. The second-order valence-corrected chi connectivity index (χ2v) is 4.62. The van der Waals surface area contributed by atoms with E-state index in [2.05, 4.69) is 25.2 Å². The van der Waals surface area contributed by atoms with Gasteiger partial charge in [0, 0.05) is 6.61 Å². The number of rotatable bonds is 9. The third kappa shape index (κ3) is 6.81. The molecule has 0 aliphatic heterocycles. The molecular formula is C13H26N2O. The van der Waals surface area contributed by atoms with E-state index in [-0.39, 0.29) is 5.54 Å². The lowest BCUT2D eigenvalue weighted by Crippen LogP contribution is -2.37. The van der Waals surface area contributed by atoms with Crippen LogP contribution in [-0.2, 0) is 4.74 Å². The third-order valence-corrected chi connectivity index (χ3v) is 2.97. The molecule has 0 radical (unpaired) electrons. The summed E-state index contributed by atoms with van der Waals surface area (Å²) in [5.74, 6) is 0. The fraction of sp³-hybridized carbons (Fsp3) is 0.923. The Kier molecular flexibility index (Phi) is 8.23. The molecule has 0 aliphatic rings. The topological polar surface area (TPSA) is 45.0 Å². The Hall–Kier alpha value is -0.590. The zero-order valence-electron chi connectivity index (χ0n) is 11.2. The minimum atomic E-state index is -0.380. The molecule has 0 rings (SSSR count). The molecule has 3 heteroatoms. The van der Waals surface area contributed by atoms with Gasteiger partial charge in [0.25, 0.3) is 0 Å². The largest absolute Gasteiger partial charge is 0.379 e. The van der Waals surface area contributed by atoms with Crippen molar-refractivity contribution in [1.82, 2.24) is 5.32 Å². The van der Waals surface area contributed by atoms with E-state index >= 15 is 0 Å². The van der Waals surface area contributed by atoms with E-state index in [1.807, 2.05) is 14.0 Å². The van der Waals surface area contributed by atoms with Crippen LogP contribution in [0.15, 0.2) is 0 Å². The van der Waals surface area contributed by atoms with E-state index in [4.69, 9.17) is 10.00 Å². The minimum Gasteiger partial charge on any atom is -0.379 e. The summed E-state index contributed by atoms with van der Waals surface area (Å²) >= 11 is 0. The fourth-order valence-corrected chi connectivity index (χ4v) is 1.59. The average molecular weight is 226 g/mol. The van der Waals surface area contributed by atoms with E-state index in [0.717, 1.165) is 32.3 Å². The maximum absolute atomic E-state index is 8.96. The van der Waals surface area contributed by atoms with Crippen molar-refractivity contribution in [2.75, 3.05) is 13.7 Å². The Balaban J connectivity index is 3.50. The quantitative estimate of drug-likeness (QED) is 0.615. The van der Waals surface area contributed by atoms with Crippen molar-refractivity contribution in [2.45, 2.75) is 64.5 Å². The zero-order chi connectivity index (χ0) is 12.4. The molecule has 3 nitrogen and oxygen atoms in total. The highest BCUT2D eigenvalue weighted by molar-refractivity contribution is 5.02. The molecule has 0 aromatic rings. The lowest BCUT2D eigenvalue weighted by Gasteiger charge is -2.20. The summed E-state index contributed by atoms with van der Waals surface area (Å²) in [5, 5.41) is 12.0. The molecule has 0 amide bonds. The second kappa shape index (κ2) is 8.55. The van der Waals surface area contributed by atoms with Crippen LogP contribution in [0.4, 0.5) is 0 Å². The van der Waals surface area contributed by atoms with Crippen molar-refractivity contribution < 1.29 is 4.74 Å². The van der Waals surface area contributed by atoms with Gasteiger partial charge in [0.05, 0.1) is 12.2 Å². The molecule has 0 aromatic heterocycles. The summed E-state index contributed by atoms with van der Waals surface area (Å²) in [6, 6.07) is 2.30. The van der Waals surface area contributed by atoms with Crippen LogP contribution in [-0.4, -0.2) is 25.3 Å². The molecule has 0 fully saturated rings. The lowest BCUT2D eigenvalue weighted by atomic mass is 9.97. The number of nitrogens with one attached hydrogen (secondary N) is 1. The molecule has 0 bridgehead atoms. The Labute approximate surface area is 100 Å². The van der Waals surface area contributed by atoms with Crippen molar-refractivity contribution >= 4 is 0 Å². The molecule has 2 atom stereocenters. The van der Waals surface area contributed by atoms with Crippen molar-refractivity contribution in [3.05, 3.63) is 0 Å². The Morgan fingerprint density at radius 3 is 2.62 bits per heavy atom. The first-order chi connectivity index (χ1) is 7.58. The third-order valence-electron chi connectivity index (χ3n) is 2.97. The van der Waals surface area contributed by atoms with Gasteiger partial charge in [0.2, 0.25) is 0 Å². The summed E-state index contributed by atoms with van der Waals surface area (Å²) in [7, 11) is 1.84. The molecule has 0 saturated carbocycles. The van der Waals surface area contributed by atoms with Crippen LogP contribution < -0.4 is 5.32 Å². The standard InChI is InChI=1S/C13H26N2O/c1-5-8-12(2)16-10-7-6-9-13(3,11-14)15-4/h12,15H,5-10H2,1-4H3. The summed E-state index contributed by atoms with van der Waals surface area (Å²) < 4.78 is 5.66. The predicted molar refractivity (Wildman–Crippen MR) is 67.3 cm³/mol. The highest BCUT2D eigenvalue weighted by Crippen LogP contribution is 2.12.